The molecule has 0 fully saturated rings. The number of para-hydroxylation sites is 2. The molecule has 12 rings (SSSR count). The topological polar surface area (TPSA) is 30.7 Å². The molecule has 0 N–H and O–H groups in total. The lowest BCUT2D eigenvalue weighted by Crippen LogP contribution is -1.96. The van der Waals surface area contributed by atoms with Crippen LogP contribution >= 0.6 is 0 Å². The second-order valence-corrected chi connectivity index (χ2v) is 15.3. The van der Waals surface area contributed by atoms with Crippen molar-refractivity contribution in [1.29, 1.82) is 0 Å². The molecule has 0 amide bonds. The van der Waals surface area contributed by atoms with E-state index >= 15 is 0 Å². The van der Waals surface area contributed by atoms with E-state index < -0.39 is 0 Å². The van der Waals surface area contributed by atoms with Gasteiger partial charge in [0.1, 0.15) is 0 Å². The van der Waals surface area contributed by atoms with Crippen molar-refractivity contribution in [3.63, 3.8) is 0 Å². The van der Waals surface area contributed by atoms with Crippen molar-refractivity contribution >= 4 is 64.9 Å². The van der Waals surface area contributed by atoms with Gasteiger partial charge in [-0.25, -0.2) is 9.97 Å². The number of aromatic nitrogens is 3. The Kier molecular flexibility index (Phi) is 7.54. The van der Waals surface area contributed by atoms with Gasteiger partial charge in [-0.15, -0.1) is 0 Å². The van der Waals surface area contributed by atoms with Crippen molar-refractivity contribution in [1.82, 2.24) is 14.5 Å². The maximum absolute atomic E-state index is 5.20. The molecular weight excluding hydrogens is 715 g/mol. The standard InChI is InChI=1S/C56H35N3/c1-3-16-38(17-4-1)50-35-51(58-56(57-50)41-32-27-36-15-7-8-18-40(36)33-41)39-30-28-37(29-31-39)48-34-49-44-22-10-12-24-46(44)55-54(53(49)45-23-11-9-21-43(45)48)47-25-13-14-26-52(47)59(55)42-19-5-2-6-20-42/h1-35H. The van der Waals surface area contributed by atoms with Gasteiger partial charge in [0.15, 0.2) is 5.82 Å². The summed E-state index contributed by atoms with van der Waals surface area (Å²) in [7, 11) is 0. The molecule has 59 heavy (non-hydrogen) atoms. The lowest BCUT2D eigenvalue weighted by molar-refractivity contribution is 1.18. The van der Waals surface area contributed by atoms with E-state index in [-0.39, 0.29) is 0 Å². The van der Waals surface area contributed by atoms with E-state index in [1.807, 2.05) is 6.07 Å². The molecule has 0 unspecified atom stereocenters. The van der Waals surface area contributed by atoms with Gasteiger partial charge in [-0.05, 0) is 79.8 Å². The van der Waals surface area contributed by atoms with Crippen LogP contribution in [0.1, 0.15) is 0 Å². The number of rotatable bonds is 5. The SMILES string of the molecule is c1ccc(-c2cc(-c3ccc(-c4cc5c6ccccc6c6c(c7ccccc7n6-c6ccccc6)c5c5ccccc45)cc3)nc(-c3ccc4ccccc4c3)n2)cc1. The van der Waals surface area contributed by atoms with E-state index in [1.54, 1.807) is 0 Å². The maximum Gasteiger partial charge on any atom is 0.160 e. The van der Waals surface area contributed by atoms with Crippen LogP contribution in [-0.2, 0) is 0 Å². The highest BCUT2D eigenvalue weighted by atomic mass is 15.0. The van der Waals surface area contributed by atoms with Gasteiger partial charge in [0, 0.05) is 43.9 Å². The first-order chi connectivity index (χ1) is 29.3. The van der Waals surface area contributed by atoms with Gasteiger partial charge < -0.3 is 4.57 Å². The van der Waals surface area contributed by atoms with Crippen LogP contribution in [-0.4, -0.2) is 14.5 Å². The van der Waals surface area contributed by atoms with Crippen molar-refractivity contribution in [2.75, 3.05) is 0 Å². The molecule has 0 aliphatic rings. The number of hydrogen-bond donors (Lipinski definition) is 0. The highest BCUT2D eigenvalue weighted by Gasteiger charge is 2.22. The minimum Gasteiger partial charge on any atom is -0.309 e. The molecule has 0 saturated heterocycles. The maximum atomic E-state index is 5.20. The van der Waals surface area contributed by atoms with Crippen molar-refractivity contribution < 1.29 is 0 Å². The summed E-state index contributed by atoms with van der Waals surface area (Å²) in [5, 5.41) is 12.4. The Labute approximate surface area is 341 Å². The lowest BCUT2D eigenvalue weighted by Gasteiger charge is -2.16. The number of fused-ring (bicyclic) bond motifs is 11. The molecule has 0 saturated carbocycles. The zero-order valence-electron chi connectivity index (χ0n) is 32.0. The van der Waals surface area contributed by atoms with Crippen LogP contribution in [0.2, 0.25) is 0 Å². The molecule has 0 bridgehead atoms. The molecule has 274 valence electrons. The fourth-order valence-electron chi connectivity index (χ4n) is 9.24. The predicted octanol–water partition coefficient (Wildman–Crippen LogP) is 14.9. The van der Waals surface area contributed by atoms with Crippen molar-refractivity contribution in [3.8, 4) is 50.7 Å². The average molecular weight is 750 g/mol. The molecular formula is C56H35N3. The van der Waals surface area contributed by atoms with E-state index in [0.717, 1.165) is 39.3 Å². The summed E-state index contributed by atoms with van der Waals surface area (Å²) in [6, 6.07) is 76.2. The summed E-state index contributed by atoms with van der Waals surface area (Å²) < 4.78 is 2.45. The Morgan fingerprint density at radius 2 is 0.881 bits per heavy atom. The predicted molar refractivity (Wildman–Crippen MR) is 248 cm³/mol. The first-order valence-electron chi connectivity index (χ1n) is 20.2. The van der Waals surface area contributed by atoms with Crippen LogP contribution in [0.15, 0.2) is 212 Å². The highest BCUT2D eigenvalue weighted by molar-refractivity contribution is 6.38. The minimum atomic E-state index is 0.712. The van der Waals surface area contributed by atoms with Gasteiger partial charge in [-0.1, -0.05) is 176 Å². The lowest BCUT2D eigenvalue weighted by atomic mass is 9.88. The van der Waals surface area contributed by atoms with E-state index in [2.05, 4.69) is 211 Å². The summed E-state index contributed by atoms with van der Waals surface area (Å²) in [5.74, 6) is 0.712. The molecule has 0 atom stereocenters. The Hall–Kier alpha value is -7.88. The van der Waals surface area contributed by atoms with Crippen molar-refractivity contribution in [2.24, 2.45) is 0 Å². The third-order valence-corrected chi connectivity index (χ3v) is 12.0. The van der Waals surface area contributed by atoms with Crippen LogP contribution in [0, 0.1) is 0 Å². The normalized spacial score (nSPS) is 11.7. The van der Waals surface area contributed by atoms with Gasteiger partial charge in [0.25, 0.3) is 0 Å². The summed E-state index contributed by atoms with van der Waals surface area (Å²) in [4.78, 5) is 10.3. The summed E-state index contributed by atoms with van der Waals surface area (Å²) in [5.41, 5.74) is 10.9. The molecule has 0 aliphatic carbocycles. The molecule has 2 heterocycles. The van der Waals surface area contributed by atoms with E-state index in [9.17, 15) is 0 Å². The van der Waals surface area contributed by atoms with E-state index in [4.69, 9.17) is 9.97 Å². The zero-order chi connectivity index (χ0) is 38.9. The molecule has 0 spiro atoms. The van der Waals surface area contributed by atoms with Crippen molar-refractivity contribution in [2.45, 2.75) is 0 Å². The highest BCUT2D eigenvalue weighted by Crippen LogP contribution is 2.47. The van der Waals surface area contributed by atoms with Crippen LogP contribution in [0.5, 0.6) is 0 Å². The summed E-state index contributed by atoms with van der Waals surface area (Å²) in [6.07, 6.45) is 0. The van der Waals surface area contributed by atoms with Crippen LogP contribution in [0.3, 0.4) is 0 Å². The molecule has 0 radical (unpaired) electrons. The van der Waals surface area contributed by atoms with Crippen LogP contribution in [0.4, 0.5) is 0 Å². The van der Waals surface area contributed by atoms with Gasteiger partial charge in [0.05, 0.1) is 22.4 Å². The van der Waals surface area contributed by atoms with Crippen LogP contribution in [0.25, 0.3) is 116 Å². The first kappa shape index (κ1) is 33.3. The van der Waals surface area contributed by atoms with Crippen molar-refractivity contribution in [3.05, 3.63) is 212 Å². The average Bonchev–Trinajstić information content (AvgIpc) is 3.67. The molecule has 12 aromatic rings. The Bertz CT molecular complexity index is 3590. The second kappa shape index (κ2) is 13.4. The molecule has 3 heteroatoms. The molecule has 0 aliphatic heterocycles. The fraction of sp³-hybridized carbons (Fsp3) is 0. The third kappa shape index (κ3) is 5.36. The van der Waals surface area contributed by atoms with Gasteiger partial charge >= 0.3 is 0 Å². The molecule has 10 aromatic carbocycles. The van der Waals surface area contributed by atoms with Crippen LogP contribution < -0.4 is 0 Å². The number of nitrogens with zero attached hydrogens (tertiary/aromatic N) is 3. The molecule has 2 aromatic heterocycles. The summed E-state index contributed by atoms with van der Waals surface area (Å²) in [6.45, 7) is 0. The Morgan fingerprint density at radius 3 is 1.64 bits per heavy atom. The molecule has 3 nitrogen and oxygen atoms in total. The fourth-order valence-corrected chi connectivity index (χ4v) is 9.24. The summed E-state index contributed by atoms with van der Waals surface area (Å²) >= 11 is 0. The quantitative estimate of drug-likeness (QED) is 0.164. The second-order valence-electron chi connectivity index (χ2n) is 15.3. The zero-order valence-corrected chi connectivity index (χ0v) is 32.0. The first-order valence-corrected chi connectivity index (χ1v) is 20.2. The van der Waals surface area contributed by atoms with Gasteiger partial charge in [-0.3, -0.25) is 0 Å². The van der Waals surface area contributed by atoms with Gasteiger partial charge in [-0.2, -0.15) is 0 Å². The van der Waals surface area contributed by atoms with Gasteiger partial charge in [0.2, 0.25) is 0 Å². The smallest absolute Gasteiger partial charge is 0.160 e. The number of benzene rings is 10. The number of hydrogen-bond acceptors (Lipinski definition) is 2. The minimum absolute atomic E-state index is 0.712. The Morgan fingerprint density at radius 1 is 0.322 bits per heavy atom. The van der Waals surface area contributed by atoms with E-state index in [0.29, 0.717) is 5.82 Å². The monoisotopic (exact) mass is 749 g/mol. The van der Waals surface area contributed by atoms with E-state index in [1.165, 1.54) is 70.5 Å². The third-order valence-electron chi connectivity index (χ3n) is 12.0. The Balaban J connectivity index is 1.06. The largest absolute Gasteiger partial charge is 0.309 e.